The number of rotatable bonds is 6. The molecule has 8 heteroatoms. The highest BCUT2D eigenvalue weighted by molar-refractivity contribution is 5.70. The molecule has 2 heterocycles. The molecule has 0 bridgehead atoms. The fraction of sp³-hybridized carbons (Fsp3) is 0.231. The van der Waals surface area contributed by atoms with Crippen LogP contribution in [0.15, 0.2) is 24.7 Å². The highest BCUT2D eigenvalue weighted by Crippen LogP contribution is 2.22. The summed E-state index contributed by atoms with van der Waals surface area (Å²) < 4.78 is 0. The Morgan fingerprint density at radius 3 is 2.62 bits per heavy atom. The minimum absolute atomic E-state index is 0.259. The van der Waals surface area contributed by atoms with Gasteiger partial charge in [-0.2, -0.15) is 5.26 Å². The lowest BCUT2D eigenvalue weighted by Crippen LogP contribution is -2.10. The van der Waals surface area contributed by atoms with Gasteiger partial charge >= 0.3 is 0 Å². The number of nitriles is 1. The van der Waals surface area contributed by atoms with Crippen LogP contribution in [0.1, 0.15) is 12.1 Å². The van der Waals surface area contributed by atoms with Crippen LogP contribution in [-0.4, -0.2) is 28.0 Å². The molecule has 0 aliphatic heterocycles. The van der Waals surface area contributed by atoms with E-state index < -0.39 is 0 Å². The van der Waals surface area contributed by atoms with Crippen molar-refractivity contribution in [3.05, 3.63) is 30.4 Å². The van der Waals surface area contributed by atoms with Gasteiger partial charge in [0, 0.05) is 12.6 Å². The maximum Gasteiger partial charge on any atom is 0.158 e. The largest absolute Gasteiger partial charge is 0.396 e. The number of nitrogens with one attached hydrogen (secondary N) is 2. The predicted octanol–water partition coefficient (Wildman–Crippen LogP) is 0.830. The van der Waals surface area contributed by atoms with Gasteiger partial charge in [0.2, 0.25) is 0 Å². The number of nitrogens with two attached hydrogens (primary N) is 2. The van der Waals surface area contributed by atoms with Crippen LogP contribution in [0.25, 0.3) is 0 Å². The molecule has 6 N–H and O–H groups in total. The van der Waals surface area contributed by atoms with Crippen LogP contribution in [0.3, 0.4) is 0 Å². The van der Waals surface area contributed by atoms with Gasteiger partial charge in [-0.05, 0) is 13.0 Å². The number of nitrogens with zero attached hydrogens (tertiary/aromatic N) is 4. The lowest BCUT2D eigenvalue weighted by atomic mass is 10.3. The molecule has 2 aromatic rings. The summed E-state index contributed by atoms with van der Waals surface area (Å²) in [4.78, 5) is 12.2. The van der Waals surface area contributed by atoms with Crippen LogP contribution in [0.5, 0.6) is 0 Å². The van der Waals surface area contributed by atoms with Crippen molar-refractivity contribution < 1.29 is 0 Å². The minimum atomic E-state index is 0.259. The second kappa shape index (κ2) is 7.02. The molecule has 0 atom stereocenters. The Hall–Kier alpha value is -2.92. The molecule has 0 amide bonds. The smallest absolute Gasteiger partial charge is 0.158 e. The molecule has 21 heavy (non-hydrogen) atoms. The Morgan fingerprint density at radius 1 is 1.14 bits per heavy atom. The van der Waals surface area contributed by atoms with Crippen molar-refractivity contribution in [2.75, 3.05) is 29.5 Å². The summed E-state index contributed by atoms with van der Waals surface area (Å²) in [6.07, 6.45) is 5.27. The number of nitrogen functional groups attached to an aromatic ring is 1. The van der Waals surface area contributed by atoms with E-state index in [-0.39, 0.29) is 5.69 Å². The van der Waals surface area contributed by atoms with E-state index in [1.54, 1.807) is 12.3 Å². The van der Waals surface area contributed by atoms with E-state index in [4.69, 9.17) is 16.7 Å². The van der Waals surface area contributed by atoms with Gasteiger partial charge in [-0.25, -0.2) is 15.0 Å². The Bertz CT molecular complexity index is 632. The molecule has 0 unspecified atom stereocenters. The molecule has 2 rings (SSSR count). The number of pyridine rings is 1. The molecule has 108 valence electrons. The Balaban J connectivity index is 2.09. The fourth-order valence-corrected chi connectivity index (χ4v) is 1.59. The van der Waals surface area contributed by atoms with Gasteiger partial charge in [-0.15, -0.1) is 0 Å². The lowest BCUT2D eigenvalue weighted by molar-refractivity contribution is 0.874. The molecule has 0 aromatic carbocycles. The molecule has 8 nitrogen and oxygen atoms in total. The van der Waals surface area contributed by atoms with Crippen molar-refractivity contribution in [3.8, 4) is 6.07 Å². The van der Waals surface area contributed by atoms with Crippen LogP contribution < -0.4 is 22.1 Å². The Labute approximate surface area is 122 Å². The van der Waals surface area contributed by atoms with Gasteiger partial charge in [-0.1, -0.05) is 0 Å². The summed E-state index contributed by atoms with van der Waals surface area (Å²) in [6, 6.07) is 3.69. The first-order valence-electron chi connectivity index (χ1n) is 6.41. The van der Waals surface area contributed by atoms with E-state index >= 15 is 0 Å². The Morgan fingerprint density at radius 2 is 1.95 bits per heavy atom. The maximum atomic E-state index is 8.67. The first-order valence-corrected chi connectivity index (χ1v) is 6.41. The molecule has 0 aliphatic carbocycles. The molecule has 0 saturated carbocycles. The van der Waals surface area contributed by atoms with Crippen LogP contribution >= 0.6 is 0 Å². The molecule has 0 spiro atoms. The van der Waals surface area contributed by atoms with E-state index in [2.05, 4.69) is 25.6 Å². The molecule has 2 aromatic heterocycles. The van der Waals surface area contributed by atoms with Crippen molar-refractivity contribution >= 4 is 23.0 Å². The molecular weight excluding hydrogens is 268 g/mol. The van der Waals surface area contributed by atoms with E-state index in [1.165, 1.54) is 12.4 Å². The van der Waals surface area contributed by atoms with E-state index in [9.17, 15) is 0 Å². The zero-order valence-corrected chi connectivity index (χ0v) is 11.4. The molecule has 0 aliphatic rings. The minimum Gasteiger partial charge on any atom is -0.396 e. The van der Waals surface area contributed by atoms with Gasteiger partial charge in [0.05, 0.1) is 30.0 Å². The maximum absolute atomic E-state index is 8.67. The van der Waals surface area contributed by atoms with Crippen LogP contribution in [0.4, 0.5) is 23.0 Å². The quantitative estimate of drug-likeness (QED) is 0.572. The summed E-state index contributed by atoms with van der Waals surface area (Å²) in [6.45, 7) is 1.35. The molecule has 0 saturated heterocycles. The summed E-state index contributed by atoms with van der Waals surface area (Å²) in [5.74, 6) is 1.08. The van der Waals surface area contributed by atoms with E-state index in [1.807, 2.05) is 6.07 Å². The third-order valence-electron chi connectivity index (χ3n) is 2.65. The van der Waals surface area contributed by atoms with Gasteiger partial charge in [0.25, 0.3) is 0 Å². The van der Waals surface area contributed by atoms with Gasteiger partial charge in [0.15, 0.2) is 5.69 Å². The lowest BCUT2D eigenvalue weighted by Gasteiger charge is -2.11. The van der Waals surface area contributed by atoms with Crippen molar-refractivity contribution in [2.45, 2.75) is 6.42 Å². The van der Waals surface area contributed by atoms with Crippen molar-refractivity contribution in [1.82, 2.24) is 15.0 Å². The van der Waals surface area contributed by atoms with Crippen LogP contribution in [0.2, 0.25) is 0 Å². The molecular formula is C13H16N8. The van der Waals surface area contributed by atoms with E-state index in [0.717, 1.165) is 18.7 Å². The van der Waals surface area contributed by atoms with Crippen molar-refractivity contribution in [3.63, 3.8) is 0 Å². The zero-order valence-electron chi connectivity index (χ0n) is 11.4. The standard InChI is InChI=1S/C13H16N8/c14-2-1-3-17-11-4-12(20-7-10(11)16)21-13-8-18-9(5-15)6-19-13/h4,6-8H,1-3,14,16H2,(H2,17,19,20,21). The fourth-order valence-electron chi connectivity index (χ4n) is 1.59. The summed E-state index contributed by atoms with van der Waals surface area (Å²) in [5.41, 5.74) is 12.9. The third kappa shape index (κ3) is 4.02. The van der Waals surface area contributed by atoms with Crippen molar-refractivity contribution in [1.29, 1.82) is 5.26 Å². The monoisotopic (exact) mass is 284 g/mol. The van der Waals surface area contributed by atoms with Gasteiger partial charge < -0.3 is 22.1 Å². The number of hydrogen-bond donors (Lipinski definition) is 4. The topological polar surface area (TPSA) is 139 Å². The van der Waals surface area contributed by atoms with Crippen LogP contribution in [-0.2, 0) is 0 Å². The summed E-state index contributed by atoms with van der Waals surface area (Å²) in [5, 5.41) is 14.9. The molecule has 0 fully saturated rings. The number of anilines is 4. The SMILES string of the molecule is N#Cc1cnc(Nc2cc(NCCCN)c(N)cn2)cn1. The first kappa shape index (κ1) is 14.5. The summed E-state index contributed by atoms with van der Waals surface area (Å²) in [7, 11) is 0. The summed E-state index contributed by atoms with van der Waals surface area (Å²) >= 11 is 0. The number of aromatic nitrogens is 3. The van der Waals surface area contributed by atoms with Crippen molar-refractivity contribution in [2.24, 2.45) is 5.73 Å². The second-order valence-electron chi connectivity index (χ2n) is 4.25. The third-order valence-corrected chi connectivity index (χ3v) is 2.65. The van der Waals surface area contributed by atoms with Gasteiger partial charge in [0.1, 0.15) is 17.7 Å². The van der Waals surface area contributed by atoms with Gasteiger partial charge in [-0.3, -0.25) is 0 Å². The highest BCUT2D eigenvalue weighted by atomic mass is 15.1. The number of hydrogen-bond acceptors (Lipinski definition) is 8. The zero-order chi connectivity index (χ0) is 15.1. The van der Waals surface area contributed by atoms with Crippen LogP contribution in [0, 0.1) is 11.3 Å². The molecule has 0 radical (unpaired) electrons. The van der Waals surface area contributed by atoms with E-state index in [0.29, 0.717) is 23.9 Å². The average molecular weight is 284 g/mol. The Kier molecular flexibility index (Phi) is 4.84. The first-order chi connectivity index (χ1) is 10.2. The average Bonchev–Trinajstić information content (AvgIpc) is 2.51. The normalized spacial score (nSPS) is 9.90. The highest BCUT2D eigenvalue weighted by Gasteiger charge is 2.04. The predicted molar refractivity (Wildman–Crippen MR) is 80.8 cm³/mol. The second-order valence-corrected chi connectivity index (χ2v) is 4.25.